The summed E-state index contributed by atoms with van der Waals surface area (Å²) in [5.41, 5.74) is 4.71. The molecule has 0 bridgehead atoms. The van der Waals surface area contributed by atoms with Crippen molar-refractivity contribution >= 4 is 23.2 Å². The summed E-state index contributed by atoms with van der Waals surface area (Å²) in [6, 6.07) is 12.7. The van der Waals surface area contributed by atoms with Gasteiger partial charge in [0, 0.05) is 65.6 Å². The number of amides is 2. The summed E-state index contributed by atoms with van der Waals surface area (Å²) >= 11 is 0. The van der Waals surface area contributed by atoms with Gasteiger partial charge in [-0.1, -0.05) is 6.07 Å². The van der Waals surface area contributed by atoms with Gasteiger partial charge in [-0.05, 0) is 99.3 Å². The third-order valence-corrected chi connectivity index (χ3v) is 8.96. The number of aromatic amines is 1. The van der Waals surface area contributed by atoms with Gasteiger partial charge in [-0.3, -0.25) is 9.59 Å². The fourth-order valence-corrected chi connectivity index (χ4v) is 6.86. The Labute approximate surface area is 254 Å². The summed E-state index contributed by atoms with van der Waals surface area (Å²) in [6.45, 7) is 6.12. The Hall–Kier alpha value is -4.57. The third kappa shape index (κ3) is 5.34. The van der Waals surface area contributed by atoms with E-state index in [-0.39, 0.29) is 29.7 Å². The zero-order chi connectivity index (χ0) is 30.4. The minimum Gasteiger partial charge on any atom is -0.367 e. The van der Waals surface area contributed by atoms with Crippen LogP contribution in [0.15, 0.2) is 54.7 Å². The number of nitrogens with zero attached hydrogens (tertiary/aromatic N) is 3. The molecule has 3 N–H and O–H groups in total. The first-order valence-electron chi connectivity index (χ1n) is 15.2. The van der Waals surface area contributed by atoms with Gasteiger partial charge >= 0.3 is 0 Å². The number of imidazole rings is 1. The molecule has 4 heterocycles. The fraction of sp³-hybridized carbons (Fsp3) is 0.324. The molecule has 1 atom stereocenters. The quantitative estimate of drug-likeness (QED) is 0.247. The lowest BCUT2D eigenvalue weighted by Gasteiger charge is -2.30. The molecule has 3 aromatic carbocycles. The van der Waals surface area contributed by atoms with Crippen molar-refractivity contribution in [1.82, 2.24) is 20.2 Å². The van der Waals surface area contributed by atoms with Crippen LogP contribution in [-0.2, 0) is 6.54 Å². The van der Waals surface area contributed by atoms with E-state index in [0.29, 0.717) is 39.3 Å². The standard InChI is InChI=1S/C34H34F2N6O2/c1-20-17-37-32(39-20)28-9-8-26(29-18-38-34(44)31(28)29)27-7-6-23(16-30(27)36)40-33(43)21-13-22(35)15-25(14-21)42-12-4-5-24(42)19-41-10-2-3-11-41/h6-9,13-17,24H,2-5,10-12,18-19H2,1H3,(H,37,39)(H,38,44)(H,40,43). The van der Waals surface area contributed by atoms with Crippen molar-refractivity contribution < 1.29 is 18.4 Å². The summed E-state index contributed by atoms with van der Waals surface area (Å²) in [5, 5.41) is 5.57. The number of carbonyl (C=O) groups is 2. The second kappa shape index (κ2) is 11.5. The molecule has 7 rings (SSSR count). The fourth-order valence-electron chi connectivity index (χ4n) is 6.86. The molecule has 2 fully saturated rings. The molecule has 10 heteroatoms. The predicted molar refractivity (Wildman–Crippen MR) is 166 cm³/mol. The molecule has 0 radical (unpaired) electrons. The monoisotopic (exact) mass is 596 g/mol. The van der Waals surface area contributed by atoms with Crippen LogP contribution >= 0.6 is 0 Å². The van der Waals surface area contributed by atoms with Crippen LogP contribution in [0.5, 0.6) is 0 Å². The maximum Gasteiger partial charge on any atom is 0.255 e. The molecular formula is C34H34F2N6O2. The molecular weight excluding hydrogens is 562 g/mol. The van der Waals surface area contributed by atoms with Crippen LogP contribution in [-0.4, -0.2) is 58.9 Å². The smallest absolute Gasteiger partial charge is 0.255 e. The lowest BCUT2D eigenvalue weighted by Crippen LogP contribution is -2.39. The van der Waals surface area contributed by atoms with Gasteiger partial charge in [0.1, 0.15) is 17.5 Å². The lowest BCUT2D eigenvalue weighted by molar-refractivity contribution is 0.0965. The van der Waals surface area contributed by atoms with Crippen molar-refractivity contribution in [3.8, 4) is 22.5 Å². The second-order valence-electron chi connectivity index (χ2n) is 12.0. The van der Waals surface area contributed by atoms with Crippen molar-refractivity contribution in [3.05, 3.63) is 88.7 Å². The van der Waals surface area contributed by atoms with Crippen molar-refractivity contribution in [1.29, 1.82) is 0 Å². The van der Waals surface area contributed by atoms with Gasteiger partial charge in [-0.15, -0.1) is 0 Å². The van der Waals surface area contributed by atoms with Crippen LogP contribution in [0, 0.1) is 18.6 Å². The molecule has 0 saturated carbocycles. The van der Waals surface area contributed by atoms with Crippen LogP contribution in [0.25, 0.3) is 22.5 Å². The summed E-state index contributed by atoms with van der Waals surface area (Å²) in [5.74, 6) is -1.20. The lowest BCUT2D eigenvalue weighted by atomic mass is 9.92. The number of likely N-dealkylation sites (tertiary alicyclic amines) is 1. The van der Waals surface area contributed by atoms with E-state index < -0.39 is 17.5 Å². The number of nitrogens with one attached hydrogen (secondary N) is 3. The molecule has 226 valence electrons. The van der Waals surface area contributed by atoms with E-state index in [0.717, 1.165) is 44.7 Å². The summed E-state index contributed by atoms with van der Waals surface area (Å²) in [6.07, 6.45) is 6.20. The van der Waals surface area contributed by atoms with Gasteiger partial charge in [0.2, 0.25) is 0 Å². The van der Waals surface area contributed by atoms with E-state index in [4.69, 9.17) is 0 Å². The zero-order valence-electron chi connectivity index (χ0n) is 24.6. The molecule has 0 spiro atoms. The first-order valence-corrected chi connectivity index (χ1v) is 15.2. The predicted octanol–water partition coefficient (Wildman–Crippen LogP) is 5.89. The summed E-state index contributed by atoms with van der Waals surface area (Å²) < 4.78 is 30.4. The van der Waals surface area contributed by atoms with E-state index in [9.17, 15) is 14.0 Å². The summed E-state index contributed by atoms with van der Waals surface area (Å²) in [4.78, 5) is 38.2. The number of H-pyrrole nitrogens is 1. The second-order valence-corrected chi connectivity index (χ2v) is 12.0. The highest BCUT2D eigenvalue weighted by Gasteiger charge is 2.30. The highest BCUT2D eigenvalue weighted by Crippen LogP contribution is 2.37. The van der Waals surface area contributed by atoms with Gasteiger partial charge in [0.25, 0.3) is 11.8 Å². The van der Waals surface area contributed by atoms with Crippen LogP contribution < -0.4 is 15.5 Å². The van der Waals surface area contributed by atoms with Crippen LogP contribution in [0.4, 0.5) is 20.2 Å². The number of anilines is 2. The van der Waals surface area contributed by atoms with Gasteiger partial charge < -0.3 is 25.4 Å². The molecule has 3 aliphatic heterocycles. The van der Waals surface area contributed by atoms with Crippen molar-refractivity contribution in [2.45, 2.75) is 45.2 Å². The Balaban J connectivity index is 1.11. The van der Waals surface area contributed by atoms with Crippen LogP contribution in [0.3, 0.4) is 0 Å². The Morgan fingerprint density at radius 2 is 1.80 bits per heavy atom. The molecule has 2 amide bonds. The highest BCUT2D eigenvalue weighted by molar-refractivity contribution is 6.06. The molecule has 8 nitrogen and oxygen atoms in total. The zero-order valence-corrected chi connectivity index (χ0v) is 24.6. The Bertz CT molecular complexity index is 1760. The van der Waals surface area contributed by atoms with E-state index in [2.05, 4.69) is 30.4 Å². The number of hydrogen-bond donors (Lipinski definition) is 3. The number of aromatic nitrogens is 2. The normalized spacial score (nSPS) is 18.1. The van der Waals surface area contributed by atoms with E-state index in [1.54, 1.807) is 36.5 Å². The highest BCUT2D eigenvalue weighted by atomic mass is 19.1. The van der Waals surface area contributed by atoms with Crippen molar-refractivity contribution in [2.24, 2.45) is 0 Å². The average Bonchev–Trinajstić information content (AvgIpc) is 3.82. The maximum absolute atomic E-state index is 15.6. The molecule has 4 aromatic rings. The van der Waals surface area contributed by atoms with Crippen molar-refractivity contribution in [3.63, 3.8) is 0 Å². The van der Waals surface area contributed by atoms with Gasteiger partial charge in [-0.2, -0.15) is 0 Å². The molecule has 1 unspecified atom stereocenters. The summed E-state index contributed by atoms with van der Waals surface area (Å²) in [7, 11) is 0. The molecule has 2 saturated heterocycles. The van der Waals surface area contributed by atoms with Crippen LogP contribution in [0.1, 0.15) is 57.7 Å². The van der Waals surface area contributed by atoms with Gasteiger partial charge in [-0.25, -0.2) is 13.8 Å². The maximum atomic E-state index is 15.6. The Morgan fingerprint density at radius 3 is 2.57 bits per heavy atom. The Morgan fingerprint density at radius 1 is 1.00 bits per heavy atom. The molecule has 3 aliphatic rings. The largest absolute Gasteiger partial charge is 0.367 e. The number of carbonyl (C=O) groups excluding carboxylic acids is 2. The van der Waals surface area contributed by atoms with Gasteiger partial charge in [0.15, 0.2) is 0 Å². The molecule has 44 heavy (non-hydrogen) atoms. The first-order chi connectivity index (χ1) is 21.3. The van der Waals surface area contributed by atoms with E-state index in [1.165, 1.54) is 31.0 Å². The van der Waals surface area contributed by atoms with E-state index in [1.807, 2.05) is 6.92 Å². The molecule has 1 aromatic heterocycles. The number of hydrogen-bond acceptors (Lipinski definition) is 5. The topological polar surface area (TPSA) is 93.4 Å². The number of benzene rings is 3. The van der Waals surface area contributed by atoms with E-state index >= 15 is 4.39 Å². The minimum atomic E-state index is -0.548. The Kier molecular flexibility index (Phi) is 7.37. The number of halogens is 2. The first kappa shape index (κ1) is 28.2. The minimum absolute atomic E-state index is 0.183. The third-order valence-electron chi connectivity index (χ3n) is 8.96. The average molecular weight is 597 g/mol. The SMILES string of the molecule is Cc1cnc(-c2ccc(-c3ccc(NC(=O)c4cc(F)cc(N5CCCC5CN5CCCC5)c4)cc3F)c3c2C(=O)NC3)[nH]1. The molecule has 0 aliphatic carbocycles. The number of rotatable bonds is 7. The van der Waals surface area contributed by atoms with Gasteiger partial charge in [0.05, 0.1) is 5.56 Å². The van der Waals surface area contributed by atoms with Crippen molar-refractivity contribution in [2.75, 3.05) is 36.4 Å². The number of aryl methyl sites for hydroxylation is 1. The number of fused-ring (bicyclic) bond motifs is 1. The van der Waals surface area contributed by atoms with Crippen LogP contribution in [0.2, 0.25) is 0 Å².